The van der Waals surface area contributed by atoms with E-state index in [1.54, 1.807) is 6.92 Å². The maximum absolute atomic E-state index is 8.22. The van der Waals surface area contributed by atoms with Crippen LogP contribution >= 0.6 is 0 Å². The molecule has 0 bridgehead atoms. The van der Waals surface area contributed by atoms with Crippen molar-refractivity contribution in [3.05, 3.63) is 12.3 Å². The zero-order valence-corrected chi connectivity index (χ0v) is 6.70. The van der Waals surface area contributed by atoms with Gasteiger partial charge in [0.05, 0.1) is 0 Å². The standard InChI is InChI=1S/C4H7N.W/c1-3-4(2)5;/h1,3H2,2H3;/q-2;+2. The van der Waals surface area contributed by atoms with E-state index in [4.69, 9.17) is 5.41 Å². The van der Waals surface area contributed by atoms with Crippen molar-refractivity contribution in [2.75, 3.05) is 0 Å². The second-order valence-corrected chi connectivity index (χ2v) is 0.985. The Morgan fingerprint density at radius 2 is 2.00 bits per heavy atom. The molecule has 0 rings (SSSR count). The molecule has 0 radical (unpaired) electrons. The predicted molar refractivity (Wildman–Crippen MR) is 24.0 cm³/mol. The molecule has 1 nitrogen and oxygen atoms in total. The Morgan fingerprint density at radius 1 is 1.83 bits per heavy atom. The second kappa shape index (κ2) is 5.36. The Kier molecular flexibility index (Phi) is 8.58. The average Bonchev–Trinajstić information content (AvgIpc) is 1.38. The van der Waals surface area contributed by atoms with Gasteiger partial charge in [-0.15, -0.1) is 0 Å². The number of rotatable bonds is 1. The summed E-state index contributed by atoms with van der Waals surface area (Å²) in [7, 11) is 0. The van der Waals surface area contributed by atoms with E-state index in [9.17, 15) is 0 Å². The molecule has 0 aromatic heterocycles. The van der Waals surface area contributed by atoms with Crippen LogP contribution in [0.3, 0.4) is 0 Å². The van der Waals surface area contributed by atoms with Crippen LogP contribution in [0, 0.1) is 6.92 Å². The summed E-state index contributed by atoms with van der Waals surface area (Å²) in [6.07, 6.45) is 0.528. The maximum atomic E-state index is 8.22. The number of nitrogens with zero attached hydrogens (tertiary/aromatic N) is 1. The zero-order valence-electron chi connectivity index (χ0n) is 3.77. The van der Waals surface area contributed by atoms with Crippen LogP contribution < -0.4 is 0 Å². The van der Waals surface area contributed by atoms with Gasteiger partial charge in [0.15, 0.2) is 0 Å². The molecule has 6 heavy (non-hydrogen) atoms. The molecule has 0 aromatic rings. The second-order valence-electron chi connectivity index (χ2n) is 0.985. The van der Waals surface area contributed by atoms with Crippen LogP contribution in [0.15, 0.2) is 0 Å². The van der Waals surface area contributed by atoms with E-state index in [0.29, 0.717) is 12.1 Å². The molecule has 0 N–H and O–H groups in total. The summed E-state index contributed by atoms with van der Waals surface area (Å²) in [5.74, 6) is 0. The van der Waals surface area contributed by atoms with Crippen molar-refractivity contribution in [2.45, 2.75) is 13.3 Å². The van der Waals surface area contributed by atoms with Gasteiger partial charge in [-0.25, -0.2) is 5.71 Å². The summed E-state index contributed by atoms with van der Waals surface area (Å²) in [4.78, 5) is 0. The fourth-order valence-corrected chi connectivity index (χ4v) is 0. The number of hydrogen-bond acceptors (Lipinski definition) is 0. The van der Waals surface area contributed by atoms with E-state index in [2.05, 4.69) is 6.92 Å². The van der Waals surface area contributed by atoms with Crippen LogP contribution in [0.2, 0.25) is 0 Å². The van der Waals surface area contributed by atoms with Gasteiger partial charge in [-0.05, 0) is 0 Å². The van der Waals surface area contributed by atoms with Gasteiger partial charge in [0, 0.05) is 0 Å². The van der Waals surface area contributed by atoms with Gasteiger partial charge in [-0.2, -0.15) is 6.42 Å². The van der Waals surface area contributed by atoms with E-state index in [1.165, 1.54) is 0 Å². The Labute approximate surface area is 52.9 Å². The molecule has 0 heterocycles. The fourth-order valence-electron chi connectivity index (χ4n) is 0. The molecule has 0 aliphatic carbocycles. The molecule has 0 aromatic carbocycles. The first-order valence-electron chi connectivity index (χ1n) is 1.58. The summed E-state index contributed by atoms with van der Waals surface area (Å²) >= 11 is 0. The van der Waals surface area contributed by atoms with Crippen LogP contribution in [0.4, 0.5) is 0 Å². The molecule has 0 spiro atoms. The van der Waals surface area contributed by atoms with Gasteiger partial charge in [0.25, 0.3) is 0 Å². The molecular weight excluding hydrogens is 246 g/mol. The first-order chi connectivity index (χ1) is 2.27. The molecule has 2 heteroatoms. The summed E-state index contributed by atoms with van der Waals surface area (Å²) in [6.45, 7) is 5.03. The van der Waals surface area contributed by atoms with Gasteiger partial charge >= 0.3 is 21.1 Å². The molecule has 0 aliphatic heterocycles. The number of hydrogen-bond donors (Lipinski definition) is 0. The molecule has 34 valence electrons. The Morgan fingerprint density at radius 3 is 2.00 bits per heavy atom. The Bertz CT molecular complexity index is 42.8. The van der Waals surface area contributed by atoms with Crippen molar-refractivity contribution in [3.8, 4) is 0 Å². The Balaban J connectivity index is 0. The minimum Gasteiger partial charge on any atom is -0.814 e. The maximum Gasteiger partial charge on any atom is 2.00 e. The third-order valence-corrected chi connectivity index (χ3v) is 0.362. The predicted octanol–water partition coefficient (Wildman–Crippen LogP) is 1.24. The van der Waals surface area contributed by atoms with Crippen LogP contribution in [0.1, 0.15) is 13.3 Å². The third kappa shape index (κ3) is 8.84. The van der Waals surface area contributed by atoms with E-state index in [1.807, 2.05) is 0 Å². The zero-order chi connectivity index (χ0) is 4.28. The van der Waals surface area contributed by atoms with Crippen LogP contribution in [-0.4, -0.2) is 5.71 Å². The van der Waals surface area contributed by atoms with Crippen molar-refractivity contribution in [1.82, 2.24) is 0 Å². The van der Waals surface area contributed by atoms with Crippen molar-refractivity contribution in [3.63, 3.8) is 0 Å². The largest absolute Gasteiger partial charge is 2.00 e. The monoisotopic (exact) mass is 253 g/mol. The Hall–Kier alpha value is 0.358. The van der Waals surface area contributed by atoms with Gasteiger partial charge in [-0.3, -0.25) is 0 Å². The quantitative estimate of drug-likeness (QED) is 0.495. The van der Waals surface area contributed by atoms with E-state index >= 15 is 0 Å². The van der Waals surface area contributed by atoms with E-state index in [-0.39, 0.29) is 21.1 Å². The molecule has 0 saturated heterocycles. The molecule has 0 aliphatic rings. The smallest absolute Gasteiger partial charge is 0.814 e. The summed E-state index contributed by atoms with van der Waals surface area (Å²) in [5.41, 5.74) is 0.394. The fraction of sp³-hybridized carbons (Fsp3) is 0.500. The topological polar surface area (TPSA) is 22.3 Å². The third-order valence-electron chi connectivity index (χ3n) is 0.362. The summed E-state index contributed by atoms with van der Waals surface area (Å²) in [5, 5.41) is 8.22. The molecule has 0 fully saturated rings. The van der Waals surface area contributed by atoms with Gasteiger partial charge in [-0.1, -0.05) is 6.92 Å². The van der Waals surface area contributed by atoms with Gasteiger partial charge < -0.3 is 12.3 Å². The summed E-state index contributed by atoms with van der Waals surface area (Å²) < 4.78 is 0. The molecular formula is C4H7NW. The van der Waals surface area contributed by atoms with Gasteiger partial charge in [0.2, 0.25) is 0 Å². The average molecular weight is 253 g/mol. The minimum absolute atomic E-state index is 0. The van der Waals surface area contributed by atoms with E-state index < -0.39 is 0 Å². The first-order valence-corrected chi connectivity index (χ1v) is 1.58. The normalized spacial score (nSPS) is 6.33. The van der Waals surface area contributed by atoms with Crippen molar-refractivity contribution >= 4 is 5.71 Å². The first kappa shape index (κ1) is 9.61. The van der Waals surface area contributed by atoms with Crippen molar-refractivity contribution in [1.29, 1.82) is 0 Å². The van der Waals surface area contributed by atoms with Crippen LogP contribution in [0.5, 0.6) is 0 Å². The molecule has 0 amide bonds. The minimum atomic E-state index is 0. The van der Waals surface area contributed by atoms with Crippen LogP contribution in [-0.2, 0) is 21.1 Å². The summed E-state index contributed by atoms with van der Waals surface area (Å²) in [6, 6.07) is 0. The van der Waals surface area contributed by atoms with Crippen LogP contribution in [0.25, 0.3) is 5.41 Å². The van der Waals surface area contributed by atoms with Crippen molar-refractivity contribution in [2.24, 2.45) is 0 Å². The SMILES string of the molecule is [CH2-]CC(C)=[N-].[W+2]. The molecule has 0 atom stereocenters. The van der Waals surface area contributed by atoms with Crippen molar-refractivity contribution < 1.29 is 21.1 Å². The van der Waals surface area contributed by atoms with Gasteiger partial charge in [0.1, 0.15) is 0 Å². The van der Waals surface area contributed by atoms with E-state index in [0.717, 1.165) is 0 Å². The molecule has 0 saturated carbocycles. The molecule has 0 unspecified atom stereocenters.